The van der Waals surface area contributed by atoms with Gasteiger partial charge in [-0.05, 0) is 81.3 Å². The Balaban J connectivity index is 1.06. The standard InChI is InChI=1S/C29H35N7O2/c30-28-25(14-24(33-34-28)23-3-1-2-4-26(23)37)35-17-20-5-6-21(18-35)36(20)19-7-10-32-27(13-19)38-22-15-29(16-22)8-11-31-12-9-29/h1-4,7,10,13-14,20-22,31,37H,5-6,8-9,11-12,15-18H2,(H2,30,34). The zero-order valence-corrected chi connectivity index (χ0v) is 21.6. The van der Waals surface area contributed by atoms with Crippen molar-refractivity contribution < 1.29 is 9.84 Å². The molecule has 2 aromatic heterocycles. The minimum Gasteiger partial charge on any atom is -0.507 e. The molecule has 9 nitrogen and oxygen atoms in total. The number of nitrogens with one attached hydrogen (secondary N) is 1. The van der Waals surface area contributed by atoms with E-state index in [-0.39, 0.29) is 11.9 Å². The number of anilines is 3. The molecule has 1 aromatic carbocycles. The lowest BCUT2D eigenvalue weighted by atomic mass is 9.62. The average Bonchev–Trinajstić information content (AvgIpc) is 3.18. The molecule has 0 amide bonds. The van der Waals surface area contributed by atoms with Crippen LogP contribution in [0.5, 0.6) is 11.6 Å². The number of piperazine rings is 1. The van der Waals surface area contributed by atoms with Gasteiger partial charge in [-0.2, -0.15) is 0 Å². The molecule has 4 fully saturated rings. The number of hydrogen-bond acceptors (Lipinski definition) is 9. The first-order valence-corrected chi connectivity index (χ1v) is 13.9. The number of pyridine rings is 1. The lowest BCUT2D eigenvalue weighted by Gasteiger charge is -2.49. The van der Waals surface area contributed by atoms with Crippen molar-refractivity contribution in [2.45, 2.75) is 56.7 Å². The minimum absolute atomic E-state index is 0.186. The summed E-state index contributed by atoms with van der Waals surface area (Å²) < 4.78 is 6.35. The molecule has 0 radical (unpaired) electrons. The minimum atomic E-state index is 0.186. The van der Waals surface area contributed by atoms with Crippen LogP contribution in [0, 0.1) is 5.41 Å². The Morgan fingerprint density at radius 3 is 2.53 bits per heavy atom. The molecule has 1 aliphatic carbocycles. The van der Waals surface area contributed by atoms with E-state index in [1.807, 2.05) is 24.4 Å². The molecule has 3 aliphatic heterocycles. The second kappa shape index (κ2) is 9.31. The summed E-state index contributed by atoms with van der Waals surface area (Å²) in [4.78, 5) is 9.44. The van der Waals surface area contributed by atoms with E-state index in [0.29, 0.717) is 34.6 Å². The van der Waals surface area contributed by atoms with Crippen molar-refractivity contribution in [2.24, 2.45) is 5.41 Å². The molecule has 38 heavy (non-hydrogen) atoms. The molecule has 2 unspecified atom stereocenters. The zero-order chi connectivity index (χ0) is 25.7. The van der Waals surface area contributed by atoms with E-state index in [0.717, 1.165) is 63.4 Å². The summed E-state index contributed by atoms with van der Waals surface area (Å²) >= 11 is 0. The second-order valence-electron chi connectivity index (χ2n) is 11.5. The van der Waals surface area contributed by atoms with Gasteiger partial charge in [0.15, 0.2) is 5.82 Å². The van der Waals surface area contributed by atoms with Crippen molar-refractivity contribution in [1.82, 2.24) is 20.5 Å². The summed E-state index contributed by atoms with van der Waals surface area (Å²) in [6.07, 6.45) is 9.25. The molecular weight excluding hydrogens is 478 g/mol. The van der Waals surface area contributed by atoms with Gasteiger partial charge >= 0.3 is 0 Å². The van der Waals surface area contributed by atoms with Gasteiger partial charge in [-0.15, -0.1) is 10.2 Å². The van der Waals surface area contributed by atoms with Crippen LogP contribution in [0.3, 0.4) is 0 Å². The molecule has 7 rings (SSSR count). The van der Waals surface area contributed by atoms with Gasteiger partial charge in [-0.3, -0.25) is 0 Å². The number of para-hydroxylation sites is 1. The highest BCUT2D eigenvalue weighted by Crippen LogP contribution is 2.49. The Kier molecular flexibility index (Phi) is 5.76. The SMILES string of the molecule is Nc1nnc(-c2ccccc2O)cc1N1CC2CCC(C1)N2c1ccnc(OC2CC3(CCNCC3)C2)c1. The summed E-state index contributed by atoms with van der Waals surface area (Å²) in [5, 5.41) is 22.3. The number of phenols is 1. The maximum atomic E-state index is 10.3. The van der Waals surface area contributed by atoms with Crippen LogP contribution in [-0.2, 0) is 0 Å². The van der Waals surface area contributed by atoms with E-state index in [9.17, 15) is 5.11 Å². The highest BCUT2D eigenvalue weighted by atomic mass is 16.5. The van der Waals surface area contributed by atoms with Gasteiger partial charge in [0, 0.05) is 48.7 Å². The quantitative estimate of drug-likeness (QED) is 0.471. The van der Waals surface area contributed by atoms with Crippen molar-refractivity contribution in [3.8, 4) is 22.9 Å². The zero-order valence-electron chi connectivity index (χ0n) is 21.6. The Morgan fingerprint density at radius 1 is 1.00 bits per heavy atom. The maximum Gasteiger partial charge on any atom is 0.215 e. The number of nitrogen functional groups attached to an aromatic ring is 1. The van der Waals surface area contributed by atoms with Gasteiger partial charge in [-0.1, -0.05) is 12.1 Å². The molecule has 3 aromatic rings. The van der Waals surface area contributed by atoms with Crippen LogP contribution in [0.1, 0.15) is 38.5 Å². The van der Waals surface area contributed by atoms with E-state index in [1.54, 1.807) is 12.1 Å². The molecule has 4 aliphatic rings. The summed E-state index contributed by atoms with van der Waals surface area (Å²) in [6, 6.07) is 14.1. The molecule has 4 N–H and O–H groups in total. The molecule has 5 heterocycles. The van der Waals surface area contributed by atoms with E-state index < -0.39 is 0 Å². The topological polar surface area (TPSA) is 113 Å². The van der Waals surface area contributed by atoms with Crippen LogP contribution in [0.25, 0.3) is 11.3 Å². The van der Waals surface area contributed by atoms with E-state index in [4.69, 9.17) is 10.5 Å². The second-order valence-corrected chi connectivity index (χ2v) is 11.5. The number of nitrogens with two attached hydrogens (primary N) is 1. The summed E-state index contributed by atoms with van der Waals surface area (Å²) in [7, 11) is 0. The summed E-state index contributed by atoms with van der Waals surface area (Å²) in [5.41, 5.74) is 10.2. The Hall–Kier alpha value is -3.59. The van der Waals surface area contributed by atoms with Crippen molar-refractivity contribution >= 4 is 17.2 Å². The molecule has 3 saturated heterocycles. The lowest BCUT2D eigenvalue weighted by molar-refractivity contribution is -0.0367. The Morgan fingerprint density at radius 2 is 1.76 bits per heavy atom. The number of hydrogen-bond donors (Lipinski definition) is 3. The molecule has 9 heteroatoms. The Bertz CT molecular complexity index is 1310. The third kappa shape index (κ3) is 4.18. The molecule has 1 saturated carbocycles. The number of rotatable bonds is 5. The van der Waals surface area contributed by atoms with Crippen LogP contribution in [0.2, 0.25) is 0 Å². The fourth-order valence-corrected chi connectivity index (χ4v) is 7.14. The predicted molar refractivity (Wildman–Crippen MR) is 147 cm³/mol. The predicted octanol–water partition coefficient (Wildman–Crippen LogP) is 3.60. The first-order chi connectivity index (χ1) is 18.6. The molecule has 1 spiro atoms. The van der Waals surface area contributed by atoms with Crippen molar-refractivity contribution in [2.75, 3.05) is 41.7 Å². The number of benzene rings is 1. The van der Waals surface area contributed by atoms with E-state index in [2.05, 4.69) is 42.4 Å². The van der Waals surface area contributed by atoms with Crippen LogP contribution in [0.4, 0.5) is 17.2 Å². The number of piperidine rings is 1. The van der Waals surface area contributed by atoms with Gasteiger partial charge in [-0.25, -0.2) is 4.98 Å². The maximum absolute atomic E-state index is 10.3. The fourth-order valence-electron chi connectivity index (χ4n) is 7.14. The van der Waals surface area contributed by atoms with Gasteiger partial charge in [0.25, 0.3) is 0 Å². The lowest BCUT2D eigenvalue weighted by Crippen LogP contribution is -2.54. The monoisotopic (exact) mass is 513 g/mol. The van der Waals surface area contributed by atoms with Crippen molar-refractivity contribution in [3.05, 3.63) is 48.7 Å². The number of aromatic hydroxyl groups is 1. The summed E-state index contributed by atoms with van der Waals surface area (Å²) in [6.45, 7) is 3.97. The van der Waals surface area contributed by atoms with Crippen molar-refractivity contribution in [1.29, 1.82) is 0 Å². The van der Waals surface area contributed by atoms with Crippen LogP contribution >= 0.6 is 0 Å². The Labute approximate surface area is 223 Å². The number of aromatic nitrogens is 3. The van der Waals surface area contributed by atoms with E-state index >= 15 is 0 Å². The number of fused-ring (bicyclic) bond motifs is 2. The molecule has 2 bridgehead atoms. The van der Waals surface area contributed by atoms with Crippen LogP contribution in [0.15, 0.2) is 48.7 Å². The average molecular weight is 514 g/mol. The smallest absolute Gasteiger partial charge is 0.215 e. The largest absolute Gasteiger partial charge is 0.507 e. The molecule has 2 atom stereocenters. The first-order valence-electron chi connectivity index (χ1n) is 13.9. The van der Waals surface area contributed by atoms with Gasteiger partial charge < -0.3 is 30.7 Å². The van der Waals surface area contributed by atoms with E-state index in [1.165, 1.54) is 18.5 Å². The number of nitrogens with zero attached hydrogens (tertiary/aromatic N) is 5. The third-order valence-electron chi connectivity index (χ3n) is 9.09. The fraction of sp³-hybridized carbons (Fsp3) is 0.483. The number of phenolic OH excluding ortho intramolecular Hbond substituents is 1. The van der Waals surface area contributed by atoms with Crippen molar-refractivity contribution in [3.63, 3.8) is 0 Å². The third-order valence-corrected chi connectivity index (χ3v) is 9.09. The first kappa shape index (κ1) is 23.5. The van der Waals surface area contributed by atoms with Crippen LogP contribution < -0.4 is 25.6 Å². The van der Waals surface area contributed by atoms with Gasteiger partial charge in [0.2, 0.25) is 5.88 Å². The van der Waals surface area contributed by atoms with Crippen LogP contribution in [-0.4, -0.2) is 64.7 Å². The number of ether oxygens (including phenoxy) is 1. The molecular formula is C29H35N7O2. The normalized spacial score (nSPS) is 24.4. The molecule has 198 valence electrons. The van der Waals surface area contributed by atoms with Gasteiger partial charge in [0.1, 0.15) is 11.9 Å². The highest BCUT2D eigenvalue weighted by molar-refractivity contribution is 5.74. The summed E-state index contributed by atoms with van der Waals surface area (Å²) in [5.74, 6) is 1.35. The van der Waals surface area contributed by atoms with Gasteiger partial charge in [0.05, 0.1) is 11.4 Å². The highest BCUT2D eigenvalue weighted by Gasteiger charge is 2.46.